The Kier molecular flexibility index (Phi) is 4.36. The molecule has 2 rings (SSSR count). The van der Waals surface area contributed by atoms with Crippen LogP contribution in [0.3, 0.4) is 0 Å². The molecule has 3 nitrogen and oxygen atoms in total. The minimum atomic E-state index is -4.32. The predicted molar refractivity (Wildman–Crippen MR) is 70.0 cm³/mol. The fourth-order valence-corrected chi connectivity index (χ4v) is 2.53. The van der Waals surface area contributed by atoms with E-state index in [1.165, 1.54) is 12.1 Å². The van der Waals surface area contributed by atoms with Crippen LogP contribution in [0.5, 0.6) is 0 Å². The van der Waals surface area contributed by atoms with E-state index in [0.717, 1.165) is 17.7 Å². The number of nitrogens with zero attached hydrogens (tertiary/aromatic N) is 1. The van der Waals surface area contributed by atoms with Crippen molar-refractivity contribution in [2.24, 2.45) is 5.73 Å². The number of nitrogens with two attached hydrogens (primary N) is 1. The minimum Gasteiger partial charge on any atom is -0.392 e. The Bertz CT molecular complexity index is 447. The highest BCUT2D eigenvalue weighted by Crippen LogP contribution is 2.31. The zero-order valence-electron chi connectivity index (χ0n) is 11.3. The maximum atomic E-state index is 12.5. The molecule has 112 valence electrons. The molecule has 0 spiro atoms. The number of rotatable bonds is 3. The zero-order valence-corrected chi connectivity index (χ0v) is 11.3. The largest absolute Gasteiger partial charge is 0.416 e. The minimum absolute atomic E-state index is 0.0948. The topological polar surface area (TPSA) is 49.5 Å². The van der Waals surface area contributed by atoms with Crippen LogP contribution in [-0.2, 0) is 6.18 Å². The Morgan fingerprint density at radius 1 is 1.30 bits per heavy atom. The molecule has 1 saturated heterocycles. The van der Waals surface area contributed by atoms with Crippen LogP contribution in [-0.4, -0.2) is 35.4 Å². The van der Waals surface area contributed by atoms with Gasteiger partial charge in [0, 0.05) is 19.0 Å². The first-order chi connectivity index (χ1) is 9.29. The number of hydrogen-bond acceptors (Lipinski definition) is 3. The highest BCUT2D eigenvalue weighted by molar-refractivity contribution is 5.27. The summed E-state index contributed by atoms with van der Waals surface area (Å²) in [4.78, 5) is 1.97. The molecule has 0 radical (unpaired) electrons. The van der Waals surface area contributed by atoms with Crippen LogP contribution >= 0.6 is 0 Å². The summed E-state index contributed by atoms with van der Waals surface area (Å²) in [5, 5.41) is 9.50. The van der Waals surface area contributed by atoms with Gasteiger partial charge in [0.25, 0.3) is 0 Å². The van der Waals surface area contributed by atoms with Gasteiger partial charge in [-0.25, -0.2) is 0 Å². The van der Waals surface area contributed by atoms with Crippen molar-refractivity contribution in [3.8, 4) is 0 Å². The zero-order chi connectivity index (χ0) is 14.9. The van der Waals surface area contributed by atoms with E-state index in [0.29, 0.717) is 19.5 Å². The molecule has 0 bridgehead atoms. The summed E-state index contributed by atoms with van der Waals surface area (Å²) in [6, 6.07) is 5.11. The molecule has 1 fully saturated rings. The van der Waals surface area contributed by atoms with Gasteiger partial charge in [0.2, 0.25) is 0 Å². The first kappa shape index (κ1) is 15.3. The summed E-state index contributed by atoms with van der Waals surface area (Å²) in [5.41, 5.74) is 6.25. The van der Waals surface area contributed by atoms with Gasteiger partial charge in [0.1, 0.15) is 0 Å². The second kappa shape index (κ2) is 5.71. The molecular formula is C14H19F3N2O. The Hall–Kier alpha value is -1.11. The number of benzene rings is 1. The summed E-state index contributed by atoms with van der Waals surface area (Å²) in [6.45, 7) is 3.12. The Balaban J connectivity index is 2.07. The van der Waals surface area contributed by atoms with E-state index in [-0.39, 0.29) is 18.2 Å². The second-order valence-electron chi connectivity index (χ2n) is 5.34. The summed E-state index contributed by atoms with van der Waals surface area (Å²) >= 11 is 0. The van der Waals surface area contributed by atoms with Crippen molar-refractivity contribution in [3.05, 3.63) is 35.4 Å². The van der Waals surface area contributed by atoms with Crippen molar-refractivity contribution >= 4 is 0 Å². The van der Waals surface area contributed by atoms with E-state index in [1.807, 2.05) is 11.8 Å². The molecule has 3 N–H and O–H groups in total. The second-order valence-corrected chi connectivity index (χ2v) is 5.34. The van der Waals surface area contributed by atoms with Crippen LogP contribution in [0.15, 0.2) is 24.3 Å². The molecule has 0 aromatic heterocycles. The van der Waals surface area contributed by atoms with Crippen molar-refractivity contribution in [1.82, 2.24) is 4.90 Å². The van der Waals surface area contributed by atoms with Crippen LogP contribution in [0.2, 0.25) is 0 Å². The third kappa shape index (κ3) is 3.31. The summed E-state index contributed by atoms with van der Waals surface area (Å²) in [5.74, 6) is -0.0948. The van der Waals surface area contributed by atoms with E-state index in [4.69, 9.17) is 5.73 Å². The standard InChI is InChI=1S/C14H19F3N2O/c1-9(13(18)19-7-6-12(20)8-19)10-2-4-11(5-3-10)14(15,16)17/h2-5,9,12-13,20H,6-8,18H2,1H3/t9-,12-,13?/m0/s1. The first-order valence-electron chi connectivity index (χ1n) is 6.64. The average molecular weight is 288 g/mol. The van der Waals surface area contributed by atoms with Gasteiger partial charge < -0.3 is 10.8 Å². The SMILES string of the molecule is C[C@@H](c1ccc(C(F)(F)F)cc1)C(N)N1CC[C@H](O)C1. The van der Waals surface area contributed by atoms with Gasteiger partial charge in [0.05, 0.1) is 17.8 Å². The van der Waals surface area contributed by atoms with Gasteiger partial charge in [-0.15, -0.1) is 0 Å². The molecule has 0 amide bonds. The van der Waals surface area contributed by atoms with Crippen molar-refractivity contribution in [2.45, 2.75) is 37.7 Å². The monoisotopic (exact) mass is 288 g/mol. The number of hydrogen-bond donors (Lipinski definition) is 2. The molecule has 6 heteroatoms. The number of aliphatic hydroxyl groups is 1. The lowest BCUT2D eigenvalue weighted by Crippen LogP contribution is -2.44. The van der Waals surface area contributed by atoms with E-state index >= 15 is 0 Å². The fourth-order valence-electron chi connectivity index (χ4n) is 2.53. The lowest BCUT2D eigenvalue weighted by atomic mass is 9.96. The molecular weight excluding hydrogens is 269 g/mol. The lowest BCUT2D eigenvalue weighted by Gasteiger charge is -2.29. The summed E-state index contributed by atoms with van der Waals surface area (Å²) in [7, 11) is 0. The van der Waals surface area contributed by atoms with E-state index in [9.17, 15) is 18.3 Å². The van der Waals surface area contributed by atoms with Gasteiger partial charge in [-0.2, -0.15) is 13.2 Å². The number of β-amino-alcohol motifs (C(OH)–C–C–N with tert-alkyl or cyclic N) is 1. The van der Waals surface area contributed by atoms with Crippen molar-refractivity contribution < 1.29 is 18.3 Å². The van der Waals surface area contributed by atoms with Crippen LogP contribution in [0.4, 0.5) is 13.2 Å². The van der Waals surface area contributed by atoms with Crippen LogP contribution in [0.1, 0.15) is 30.4 Å². The predicted octanol–water partition coefficient (Wildman–Crippen LogP) is 2.16. The number of likely N-dealkylation sites (tertiary alicyclic amines) is 1. The van der Waals surface area contributed by atoms with Gasteiger partial charge in [-0.05, 0) is 24.1 Å². The summed E-state index contributed by atoms with van der Waals surface area (Å²) in [6.07, 6.45) is -4.29. The van der Waals surface area contributed by atoms with E-state index in [1.54, 1.807) is 0 Å². The molecule has 1 heterocycles. The van der Waals surface area contributed by atoms with E-state index in [2.05, 4.69) is 0 Å². The number of alkyl halides is 3. The Morgan fingerprint density at radius 2 is 1.90 bits per heavy atom. The third-order valence-electron chi connectivity index (χ3n) is 3.89. The fraction of sp³-hybridized carbons (Fsp3) is 0.571. The summed E-state index contributed by atoms with van der Waals surface area (Å²) < 4.78 is 37.5. The molecule has 1 unspecified atom stereocenters. The Morgan fingerprint density at radius 3 is 2.35 bits per heavy atom. The third-order valence-corrected chi connectivity index (χ3v) is 3.89. The molecule has 0 saturated carbocycles. The highest BCUT2D eigenvalue weighted by Gasteiger charge is 2.31. The van der Waals surface area contributed by atoms with Crippen molar-refractivity contribution in [2.75, 3.05) is 13.1 Å². The molecule has 20 heavy (non-hydrogen) atoms. The molecule has 1 aromatic carbocycles. The quantitative estimate of drug-likeness (QED) is 0.896. The maximum absolute atomic E-state index is 12.5. The molecule has 0 aliphatic carbocycles. The Labute approximate surface area is 116 Å². The lowest BCUT2D eigenvalue weighted by molar-refractivity contribution is -0.137. The van der Waals surface area contributed by atoms with Crippen molar-refractivity contribution in [3.63, 3.8) is 0 Å². The smallest absolute Gasteiger partial charge is 0.392 e. The van der Waals surface area contributed by atoms with Gasteiger partial charge in [-0.3, -0.25) is 4.90 Å². The van der Waals surface area contributed by atoms with Crippen LogP contribution < -0.4 is 5.73 Å². The molecule has 3 atom stereocenters. The molecule has 1 aromatic rings. The van der Waals surface area contributed by atoms with Gasteiger partial charge in [0.15, 0.2) is 0 Å². The first-order valence-corrected chi connectivity index (χ1v) is 6.64. The number of aliphatic hydroxyl groups excluding tert-OH is 1. The van der Waals surface area contributed by atoms with Crippen LogP contribution in [0.25, 0.3) is 0 Å². The van der Waals surface area contributed by atoms with Crippen LogP contribution in [0, 0.1) is 0 Å². The van der Waals surface area contributed by atoms with Gasteiger partial charge in [-0.1, -0.05) is 19.1 Å². The maximum Gasteiger partial charge on any atom is 0.416 e. The number of halogens is 3. The van der Waals surface area contributed by atoms with Crippen molar-refractivity contribution in [1.29, 1.82) is 0 Å². The normalized spacial score (nSPS) is 23.8. The van der Waals surface area contributed by atoms with E-state index < -0.39 is 11.7 Å². The average Bonchev–Trinajstić information content (AvgIpc) is 2.83. The molecule has 1 aliphatic heterocycles. The van der Waals surface area contributed by atoms with Gasteiger partial charge >= 0.3 is 6.18 Å². The molecule has 1 aliphatic rings. The highest BCUT2D eigenvalue weighted by atomic mass is 19.4.